The van der Waals surface area contributed by atoms with E-state index < -0.39 is 17.3 Å². The molecule has 0 unspecified atom stereocenters. The normalized spacial score (nSPS) is 27.4. The minimum Gasteiger partial charge on any atom is -0.497 e. The molecule has 0 radical (unpaired) electrons. The highest BCUT2D eigenvalue weighted by Gasteiger charge is 2.67. The number of allylic oxidation sites excluding steroid dienone is 3. The Kier molecular flexibility index (Phi) is 4.50. The highest BCUT2D eigenvalue weighted by Crippen LogP contribution is 2.67. The number of nitriles is 2. The van der Waals surface area contributed by atoms with E-state index in [-0.39, 0.29) is 22.6 Å². The van der Waals surface area contributed by atoms with Gasteiger partial charge >= 0.3 is 0 Å². The number of carbonyl (C=O) groups excluding carboxylic acids is 1. The Morgan fingerprint density at radius 1 is 1.06 bits per heavy atom. The lowest BCUT2D eigenvalue weighted by Crippen LogP contribution is -2.56. The first kappa shape index (κ1) is 22.1. The lowest BCUT2D eigenvalue weighted by atomic mass is 9.58. The van der Waals surface area contributed by atoms with E-state index in [1.54, 1.807) is 7.11 Å². The molecule has 2 N–H and O–H groups in total. The SMILES string of the molecule is COc1ccc(N2C3=NC(N)=C(C#N)[C@@H]4c5ccccc5[C@H](C5=C2CC(C)(C)CC5=O)[C@]34C#N)cc1. The highest BCUT2D eigenvalue weighted by atomic mass is 16.5. The second-order valence-corrected chi connectivity index (χ2v) is 10.7. The van der Waals surface area contributed by atoms with Gasteiger partial charge in [-0.2, -0.15) is 10.5 Å². The molecule has 2 heterocycles. The first-order chi connectivity index (χ1) is 17.3. The van der Waals surface area contributed by atoms with Gasteiger partial charge < -0.3 is 15.4 Å². The molecule has 0 bridgehead atoms. The third-order valence-corrected chi connectivity index (χ3v) is 7.99. The summed E-state index contributed by atoms with van der Waals surface area (Å²) in [6.45, 7) is 4.17. The standard InChI is InChI=1S/C29H25N5O2/c1-28(2)12-21-23(22(35)13-28)25-19-7-5-4-6-18(19)24-20(14-30)26(32)33-27(29(24,25)15-31)34(21)16-8-10-17(36-3)11-9-16/h4-11,24-25H,12-13,32H2,1-3H3/t24-,25+,29+/m0/s1. The van der Waals surface area contributed by atoms with Crippen molar-refractivity contribution in [3.05, 3.63) is 82.3 Å². The van der Waals surface area contributed by atoms with Gasteiger partial charge in [0.2, 0.25) is 0 Å². The summed E-state index contributed by atoms with van der Waals surface area (Å²) in [5.41, 5.74) is 9.18. The number of nitrogens with two attached hydrogens (primary N) is 1. The maximum atomic E-state index is 13.9. The molecule has 7 nitrogen and oxygen atoms in total. The van der Waals surface area contributed by atoms with Crippen molar-refractivity contribution >= 4 is 17.3 Å². The molecule has 2 aliphatic heterocycles. The van der Waals surface area contributed by atoms with Gasteiger partial charge in [-0.1, -0.05) is 38.1 Å². The van der Waals surface area contributed by atoms with E-state index in [1.165, 1.54) is 0 Å². The van der Waals surface area contributed by atoms with Gasteiger partial charge in [-0.05, 0) is 47.2 Å². The molecule has 6 rings (SSSR count). The number of fused-ring (bicyclic) bond motifs is 4. The Morgan fingerprint density at radius 3 is 2.33 bits per heavy atom. The van der Waals surface area contributed by atoms with Crippen molar-refractivity contribution in [1.29, 1.82) is 10.5 Å². The number of ether oxygens (including phenoxy) is 1. The summed E-state index contributed by atoms with van der Waals surface area (Å²) in [7, 11) is 1.61. The predicted molar refractivity (Wildman–Crippen MR) is 135 cm³/mol. The zero-order valence-corrected chi connectivity index (χ0v) is 20.4. The van der Waals surface area contributed by atoms with Gasteiger partial charge in [0.1, 0.15) is 22.8 Å². The summed E-state index contributed by atoms with van der Waals surface area (Å²) >= 11 is 0. The van der Waals surface area contributed by atoms with Crippen LogP contribution in [0.2, 0.25) is 0 Å². The first-order valence-electron chi connectivity index (χ1n) is 12.0. The highest BCUT2D eigenvalue weighted by molar-refractivity contribution is 6.16. The molecule has 0 amide bonds. The van der Waals surface area contributed by atoms with E-state index in [4.69, 9.17) is 15.5 Å². The molecule has 2 aliphatic carbocycles. The Morgan fingerprint density at radius 2 is 1.72 bits per heavy atom. The van der Waals surface area contributed by atoms with Crippen LogP contribution in [0.1, 0.15) is 49.7 Å². The van der Waals surface area contributed by atoms with Crippen LogP contribution in [0.25, 0.3) is 0 Å². The van der Waals surface area contributed by atoms with Crippen molar-refractivity contribution in [3.8, 4) is 17.9 Å². The number of aliphatic imine (C=N–C) groups is 1. The van der Waals surface area contributed by atoms with Crippen LogP contribution in [0.5, 0.6) is 5.75 Å². The largest absolute Gasteiger partial charge is 0.497 e. The van der Waals surface area contributed by atoms with E-state index in [9.17, 15) is 15.3 Å². The van der Waals surface area contributed by atoms with Crippen LogP contribution in [-0.4, -0.2) is 18.7 Å². The molecular formula is C29H25N5O2. The molecule has 0 fully saturated rings. The second-order valence-electron chi connectivity index (χ2n) is 10.7. The van der Waals surface area contributed by atoms with Crippen molar-refractivity contribution in [2.24, 2.45) is 21.6 Å². The number of rotatable bonds is 2. The molecule has 4 aliphatic rings. The smallest absolute Gasteiger partial charge is 0.161 e. The van der Waals surface area contributed by atoms with Gasteiger partial charge in [0.15, 0.2) is 5.78 Å². The number of anilines is 1. The monoisotopic (exact) mass is 475 g/mol. The number of amidine groups is 1. The fourth-order valence-electron chi connectivity index (χ4n) is 6.64. The Labute approximate surface area is 209 Å². The quantitative estimate of drug-likeness (QED) is 0.676. The first-order valence-corrected chi connectivity index (χ1v) is 12.0. The fourth-order valence-corrected chi connectivity index (χ4v) is 6.64. The number of methoxy groups -OCH3 is 1. The number of hydrogen-bond acceptors (Lipinski definition) is 7. The van der Waals surface area contributed by atoms with Crippen LogP contribution >= 0.6 is 0 Å². The molecular weight excluding hydrogens is 450 g/mol. The summed E-state index contributed by atoms with van der Waals surface area (Å²) in [6, 6.07) is 20.1. The predicted octanol–water partition coefficient (Wildman–Crippen LogP) is 4.66. The van der Waals surface area contributed by atoms with E-state index >= 15 is 0 Å². The Balaban J connectivity index is 1.75. The molecule has 2 aromatic rings. The van der Waals surface area contributed by atoms with Crippen LogP contribution in [0, 0.1) is 33.5 Å². The van der Waals surface area contributed by atoms with Crippen LogP contribution < -0.4 is 15.4 Å². The van der Waals surface area contributed by atoms with Crippen molar-refractivity contribution < 1.29 is 9.53 Å². The zero-order valence-electron chi connectivity index (χ0n) is 20.4. The number of carbonyl (C=O) groups is 1. The van der Waals surface area contributed by atoms with Crippen molar-refractivity contribution in [1.82, 2.24) is 0 Å². The van der Waals surface area contributed by atoms with Crippen LogP contribution in [0.15, 0.2) is 76.2 Å². The molecule has 7 heteroatoms. The Hall–Kier alpha value is -4.36. The second kappa shape index (κ2) is 7.32. The van der Waals surface area contributed by atoms with E-state index in [1.807, 2.05) is 53.4 Å². The number of Topliss-reactive ketones (excluding diaryl/α,β-unsaturated/α-hetero) is 1. The topological polar surface area (TPSA) is 115 Å². The van der Waals surface area contributed by atoms with Crippen molar-refractivity contribution in [2.75, 3.05) is 12.0 Å². The average molecular weight is 476 g/mol. The minimum absolute atomic E-state index is 0.0370. The minimum atomic E-state index is -1.27. The summed E-state index contributed by atoms with van der Waals surface area (Å²) in [6.07, 6.45) is 1.03. The maximum Gasteiger partial charge on any atom is 0.161 e. The average Bonchev–Trinajstić information content (AvgIpc) is 3.15. The van der Waals surface area contributed by atoms with Crippen LogP contribution in [-0.2, 0) is 4.79 Å². The molecule has 0 spiro atoms. The van der Waals surface area contributed by atoms with Gasteiger partial charge in [-0.3, -0.25) is 4.79 Å². The third-order valence-electron chi connectivity index (χ3n) is 7.99. The van der Waals surface area contributed by atoms with E-state index in [0.717, 1.165) is 22.5 Å². The summed E-state index contributed by atoms with van der Waals surface area (Å²) < 4.78 is 5.36. The van der Waals surface area contributed by atoms with E-state index in [2.05, 4.69) is 26.0 Å². The van der Waals surface area contributed by atoms with Gasteiger partial charge in [-0.15, -0.1) is 0 Å². The fraction of sp³-hybridized carbons (Fsp3) is 0.310. The van der Waals surface area contributed by atoms with Crippen molar-refractivity contribution in [3.63, 3.8) is 0 Å². The molecule has 0 aromatic heterocycles. The number of nitrogens with zero attached hydrogens (tertiary/aromatic N) is 4. The molecule has 0 saturated carbocycles. The summed E-state index contributed by atoms with van der Waals surface area (Å²) in [5, 5.41) is 21.1. The van der Waals surface area contributed by atoms with Gasteiger partial charge in [-0.25, -0.2) is 4.99 Å². The van der Waals surface area contributed by atoms with Crippen molar-refractivity contribution in [2.45, 2.75) is 38.5 Å². The lowest BCUT2D eigenvalue weighted by molar-refractivity contribution is -0.118. The molecule has 36 heavy (non-hydrogen) atoms. The number of benzene rings is 2. The van der Waals surface area contributed by atoms with Gasteiger partial charge in [0.25, 0.3) is 0 Å². The number of hydrogen-bond donors (Lipinski definition) is 1. The number of ketones is 1. The summed E-state index contributed by atoms with van der Waals surface area (Å²) in [5.74, 6) is 0.186. The molecule has 0 saturated heterocycles. The Bertz CT molecular complexity index is 1520. The van der Waals surface area contributed by atoms with Crippen LogP contribution in [0.4, 0.5) is 5.69 Å². The van der Waals surface area contributed by atoms with Gasteiger partial charge in [0.05, 0.1) is 24.8 Å². The molecule has 2 aromatic carbocycles. The van der Waals surface area contributed by atoms with Gasteiger partial charge in [0, 0.05) is 35.2 Å². The zero-order chi connectivity index (χ0) is 25.4. The van der Waals surface area contributed by atoms with E-state index in [0.29, 0.717) is 30.0 Å². The summed E-state index contributed by atoms with van der Waals surface area (Å²) in [4.78, 5) is 20.6. The maximum absolute atomic E-state index is 13.9. The molecule has 3 atom stereocenters. The lowest BCUT2D eigenvalue weighted by Gasteiger charge is -2.51. The molecule has 178 valence electrons. The third kappa shape index (κ3) is 2.66. The van der Waals surface area contributed by atoms with Crippen LogP contribution in [0.3, 0.4) is 0 Å².